The Morgan fingerprint density at radius 1 is 1.52 bits per heavy atom. The van der Waals surface area contributed by atoms with E-state index in [4.69, 9.17) is 16.3 Å². The molecule has 0 radical (unpaired) electrons. The third-order valence-electron chi connectivity index (χ3n) is 3.14. The van der Waals surface area contributed by atoms with Crippen LogP contribution >= 0.6 is 22.9 Å². The van der Waals surface area contributed by atoms with Gasteiger partial charge in [0.15, 0.2) is 0 Å². The summed E-state index contributed by atoms with van der Waals surface area (Å²) in [6, 6.07) is 2.88. The minimum atomic E-state index is -0.709. The van der Waals surface area contributed by atoms with Crippen molar-refractivity contribution in [2.45, 2.75) is 19.1 Å². The number of hydrogen-bond donors (Lipinski definition) is 2. The second-order valence-electron chi connectivity index (χ2n) is 4.75. The molecule has 8 heteroatoms. The van der Waals surface area contributed by atoms with E-state index in [2.05, 4.69) is 5.32 Å². The van der Waals surface area contributed by atoms with Gasteiger partial charge in [0.1, 0.15) is 0 Å². The number of esters is 1. The van der Waals surface area contributed by atoms with E-state index in [1.54, 1.807) is 24.0 Å². The average Bonchev–Trinajstić information content (AvgIpc) is 2.97. The first-order chi connectivity index (χ1) is 9.99. The molecule has 1 amide bonds. The Balaban J connectivity index is 1.87. The highest BCUT2D eigenvalue weighted by Crippen LogP contribution is 2.21. The fourth-order valence-corrected chi connectivity index (χ4v) is 3.15. The molecule has 1 aromatic heterocycles. The molecule has 1 aliphatic heterocycles. The zero-order chi connectivity index (χ0) is 15.4. The van der Waals surface area contributed by atoms with Crippen molar-refractivity contribution < 1.29 is 19.4 Å². The van der Waals surface area contributed by atoms with E-state index in [-0.39, 0.29) is 18.4 Å². The van der Waals surface area contributed by atoms with Crippen molar-refractivity contribution >= 4 is 34.8 Å². The van der Waals surface area contributed by atoms with Crippen LogP contribution in [0.25, 0.3) is 0 Å². The maximum atomic E-state index is 12.0. The molecule has 0 saturated carbocycles. The van der Waals surface area contributed by atoms with Gasteiger partial charge >= 0.3 is 5.97 Å². The van der Waals surface area contributed by atoms with E-state index in [9.17, 15) is 14.7 Å². The van der Waals surface area contributed by atoms with Crippen LogP contribution in [0.2, 0.25) is 4.34 Å². The first-order valence-electron chi connectivity index (χ1n) is 6.62. The monoisotopic (exact) mass is 332 g/mol. The smallest absolute Gasteiger partial charge is 0.320 e. The largest absolute Gasteiger partial charge is 0.465 e. The van der Waals surface area contributed by atoms with Crippen molar-refractivity contribution in [2.24, 2.45) is 0 Å². The molecule has 0 unspecified atom stereocenters. The molecule has 2 heterocycles. The number of likely N-dealkylation sites (tertiary alicyclic amines) is 1. The molecule has 2 atom stereocenters. The van der Waals surface area contributed by atoms with Crippen molar-refractivity contribution in [1.82, 2.24) is 10.2 Å². The van der Waals surface area contributed by atoms with Crippen molar-refractivity contribution in [2.75, 3.05) is 26.2 Å². The number of aliphatic hydroxyl groups is 1. The van der Waals surface area contributed by atoms with Gasteiger partial charge in [-0.2, -0.15) is 0 Å². The highest BCUT2D eigenvalue weighted by atomic mass is 35.5. The van der Waals surface area contributed by atoms with E-state index in [1.165, 1.54) is 11.3 Å². The highest BCUT2D eigenvalue weighted by Gasteiger charge is 2.33. The summed E-state index contributed by atoms with van der Waals surface area (Å²) in [4.78, 5) is 25.7. The number of rotatable bonds is 5. The van der Waals surface area contributed by atoms with Crippen LogP contribution in [0, 0.1) is 0 Å². The maximum absolute atomic E-state index is 12.0. The average molecular weight is 333 g/mol. The molecule has 1 fully saturated rings. The van der Waals surface area contributed by atoms with Gasteiger partial charge in [0.05, 0.1) is 34.5 Å². The first-order valence-corrected chi connectivity index (χ1v) is 7.81. The molecule has 1 aliphatic rings. The molecule has 0 aromatic carbocycles. The summed E-state index contributed by atoms with van der Waals surface area (Å²) in [5, 5.41) is 12.7. The standard InChI is InChI=1S/C13H17ClN2O4S/c1-2-20-12(18)7-16-5-8(9(17)6-16)15-13(19)10-3-4-11(14)21-10/h3-4,8-9,17H,2,5-7H2,1H3,(H,15,19)/t8-,9-/m0/s1. The van der Waals surface area contributed by atoms with Gasteiger partial charge in [-0.25, -0.2) is 0 Å². The summed E-state index contributed by atoms with van der Waals surface area (Å²) < 4.78 is 5.40. The molecule has 116 valence electrons. The summed E-state index contributed by atoms with van der Waals surface area (Å²) in [6.07, 6.45) is -0.709. The fraction of sp³-hybridized carbons (Fsp3) is 0.538. The number of aliphatic hydroxyl groups excluding tert-OH is 1. The van der Waals surface area contributed by atoms with Crippen molar-refractivity contribution in [3.8, 4) is 0 Å². The van der Waals surface area contributed by atoms with Gasteiger partial charge in [0, 0.05) is 13.1 Å². The van der Waals surface area contributed by atoms with Gasteiger partial charge in [-0.1, -0.05) is 11.6 Å². The van der Waals surface area contributed by atoms with Crippen LogP contribution in [0.4, 0.5) is 0 Å². The Kier molecular flexibility index (Phi) is 5.58. The van der Waals surface area contributed by atoms with Crippen molar-refractivity contribution in [3.63, 3.8) is 0 Å². The third kappa shape index (κ3) is 4.41. The molecule has 0 spiro atoms. The number of nitrogens with zero attached hydrogens (tertiary/aromatic N) is 1. The SMILES string of the molecule is CCOC(=O)CN1C[C@H](NC(=O)c2ccc(Cl)s2)[C@@H](O)C1. The second-order valence-corrected chi connectivity index (χ2v) is 6.47. The summed E-state index contributed by atoms with van der Waals surface area (Å²) >= 11 is 6.97. The van der Waals surface area contributed by atoms with E-state index < -0.39 is 12.1 Å². The van der Waals surface area contributed by atoms with Crippen molar-refractivity contribution in [3.05, 3.63) is 21.3 Å². The summed E-state index contributed by atoms with van der Waals surface area (Å²) in [5.41, 5.74) is 0. The number of nitrogens with one attached hydrogen (secondary N) is 1. The van der Waals surface area contributed by atoms with Gasteiger partial charge in [-0.05, 0) is 19.1 Å². The lowest BCUT2D eigenvalue weighted by Gasteiger charge is -2.15. The first kappa shape index (κ1) is 16.2. The van der Waals surface area contributed by atoms with Gasteiger partial charge < -0.3 is 15.2 Å². The summed E-state index contributed by atoms with van der Waals surface area (Å²) in [5.74, 6) is -0.601. The zero-order valence-electron chi connectivity index (χ0n) is 11.5. The van der Waals surface area contributed by atoms with E-state index in [0.29, 0.717) is 28.9 Å². The molecule has 21 heavy (non-hydrogen) atoms. The molecule has 2 rings (SSSR count). The number of thiophene rings is 1. The number of hydrogen-bond acceptors (Lipinski definition) is 6. The van der Waals surface area contributed by atoms with Crippen molar-refractivity contribution in [1.29, 1.82) is 0 Å². The predicted molar refractivity (Wildman–Crippen MR) is 79.7 cm³/mol. The van der Waals surface area contributed by atoms with Gasteiger partial charge in [-0.3, -0.25) is 14.5 Å². The molecule has 0 bridgehead atoms. The molecular formula is C13H17ClN2O4S. The Morgan fingerprint density at radius 3 is 2.90 bits per heavy atom. The van der Waals surface area contributed by atoms with Crippen LogP contribution in [0.1, 0.15) is 16.6 Å². The third-order valence-corrected chi connectivity index (χ3v) is 4.37. The predicted octanol–water partition coefficient (Wildman–Crippen LogP) is 0.739. The van der Waals surface area contributed by atoms with Gasteiger partial charge in [-0.15, -0.1) is 11.3 Å². The Morgan fingerprint density at radius 2 is 2.29 bits per heavy atom. The van der Waals surface area contributed by atoms with E-state index in [1.807, 2.05) is 0 Å². The van der Waals surface area contributed by atoms with Gasteiger partial charge in [0.25, 0.3) is 5.91 Å². The number of ether oxygens (including phenoxy) is 1. The summed E-state index contributed by atoms with van der Waals surface area (Å²) in [6.45, 7) is 2.92. The normalized spacial score (nSPS) is 22.2. The number of amides is 1. The Labute approximate surface area is 131 Å². The lowest BCUT2D eigenvalue weighted by atomic mass is 10.2. The molecule has 1 aromatic rings. The number of carbonyl (C=O) groups is 2. The minimum Gasteiger partial charge on any atom is -0.465 e. The highest BCUT2D eigenvalue weighted by molar-refractivity contribution is 7.17. The van der Waals surface area contributed by atoms with Crippen LogP contribution in [-0.4, -0.2) is 60.3 Å². The minimum absolute atomic E-state index is 0.113. The molecule has 0 aliphatic carbocycles. The molecule has 2 N–H and O–H groups in total. The van der Waals surface area contributed by atoms with E-state index >= 15 is 0 Å². The molecule has 1 saturated heterocycles. The van der Waals surface area contributed by atoms with Crippen LogP contribution in [0.5, 0.6) is 0 Å². The van der Waals surface area contributed by atoms with Gasteiger partial charge in [0.2, 0.25) is 0 Å². The molecular weight excluding hydrogens is 316 g/mol. The van der Waals surface area contributed by atoms with Crippen LogP contribution in [0.3, 0.4) is 0 Å². The zero-order valence-corrected chi connectivity index (χ0v) is 13.1. The lowest BCUT2D eigenvalue weighted by molar-refractivity contribution is -0.144. The van der Waals surface area contributed by atoms with Crippen LogP contribution in [0.15, 0.2) is 12.1 Å². The summed E-state index contributed by atoms with van der Waals surface area (Å²) in [7, 11) is 0. The molecule has 6 nitrogen and oxygen atoms in total. The van der Waals surface area contributed by atoms with E-state index in [0.717, 1.165) is 0 Å². The topological polar surface area (TPSA) is 78.9 Å². The number of halogens is 1. The number of carbonyl (C=O) groups excluding carboxylic acids is 2. The maximum Gasteiger partial charge on any atom is 0.320 e. The van der Waals surface area contributed by atoms with Crippen LogP contribution < -0.4 is 5.32 Å². The Bertz CT molecular complexity index is 522. The van der Waals surface area contributed by atoms with Crippen LogP contribution in [-0.2, 0) is 9.53 Å². The fourth-order valence-electron chi connectivity index (χ4n) is 2.20. The number of β-amino-alcohol motifs (C(OH)–C–C–N with tert-alkyl or cyclic N) is 1. The quantitative estimate of drug-likeness (QED) is 0.778. The second kappa shape index (κ2) is 7.22. The Hall–Kier alpha value is -1.15. The lowest BCUT2D eigenvalue weighted by Crippen LogP contribution is -2.42.